The van der Waals surface area contributed by atoms with Gasteiger partial charge in [0.05, 0.1) is 17.7 Å². The quantitative estimate of drug-likeness (QED) is 0.851. The Balaban J connectivity index is 1.90. The molecule has 0 spiro atoms. The maximum Gasteiger partial charge on any atom is 0.217 e. The van der Waals surface area contributed by atoms with E-state index in [-0.39, 0.29) is 5.91 Å². The molecule has 2 unspecified atom stereocenters. The van der Waals surface area contributed by atoms with Crippen molar-refractivity contribution in [2.75, 3.05) is 19.6 Å². The fourth-order valence-corrected chi connectivity index (χ4v) is 2.90. The van der Waals surface area contributed by atoms with Crippen LogP contribution in [0.15, 0.2) is 24.3 Å². The molecule has 1 aliphatic rings. The van der Waals surface area contributed by atoms with Gasteiger partial charge in [0, 0.05) is 19.5 Å². The number of carbonyl (C=O) groups is 1. The molecular weight excluding hydrogens is 266 g/mol. The second-order valence-electron chi connectivity index (χ2n) is 5.69. The Hall–Kier alpha value is -1.90. The maximum atomic E-state index is 11.0. The molecule has 1 aromatic carbocycles. The lowest BCUT2D eigenvalue weighted by molar-refractivity contribution is -0.119. The highest BCUT2D eigenvalue weighted by Gasteiger charge is 2.23. The van der Waals surface area contributed by atoms with Gasteiger partial charge in [-0.15, -0.1) is 0 Å². The molecule has 112 valence electrons. The number of primary amides is 1. The predicted octanol–water partition coefficient (Wildman–Crippen LogP) is 1.18. The number of amides is 1. The van der Waals surface area contributed by atoms with Crippen molar-refractivity contribution in [3.8, 4) is 6.07 Å². The number of nitrogens with two attached hydrogens (primary N) is 1. The zero-order chi connectivity index (χ0) is 15.2. The Morgan fingerprint density at radius 3 is 2.81 bits per heavy atom. The Bertz CT molecular complexity index is 521. The Morgan fingerprint density at radius 1 is 1.48 bits per heavy atom. The number of likely N-dealkylation sites (tertiary alicyclic amines) is 1. The smallest absolute Gasteiger partial charge is 0.217 e. The number of carbonyl (C=O) groups excluding carboxylic acids is 1. The van der Waals surface area contributed by atoms with Crippen molar-refractivity contribution in [3.05, 3.63) is 35.4 Å². The van der Waals surface area contributed by atoms with Gasteiger partial charge < -0.3 is 15.7 Å². The molecule has 0 radical (unpaired) electrons. The molecule has 5 nitrogen and oxygen atoms in total. The Kier molecular flexibility index (Phi) is 5.32. The van der Waals surface area contributed by atoms with E-state index in [4.69, 9.17) is 11.0 Å². The lowest BCUT2D eigenvalue weighted by Crippen LogP contribution is -2.39. The van der Waals surface area contributed by atoms with Crippen LogP contribution >= 0.6 is 0 Å². The summed E-state index contributed by atoms with van der Waals surface area (Å²) in [7, 11) is 0. The lowest BCUT2D eigenvalue weighted by atomic mass is 9.94. The van der Waals surface area contributed by atoms with Gasteiger partial charge in [0.2, 0.25) is 5.91 Å². The molecule has 5 heteroatoms. The van der Waals surface area contributed by atoms with E-state index in [1.807, 2.05) is 0 Å². The summed E-state index contributed by atoms with van der Waals surface area (Å²) in [4.78, 5) is 13.2. The molecule has 1 aromatic rings. The standard InChI is InChI=1S/C16H21N3O2/c17-9-12-3-5-14(6-4-12)15(20)11-19-7-1-2-13(10-19)8-16(18)21/h3-6,13,15,20H,1-2,7-8,10-11H2,(H2,18,21). The summed E-state index contributed by atoms with van der Waals surface area (Å²) in [5.74, 6) is 0.0407. The summed E-state index contributed by atoms with van der Waals surface area (Å²) in [5.41, 5.74) is 6.65. The van der Waals surface area contributed by atoms with Crippen LogP contribution in [-0.2, 0) is 4.79 Å². The predicted molar refractivity (Wildman–Crippen MR) is 79.1 cm³/mol. The first-order valence-electron chi connectivity index (χ1n) is 7.27. The Morgan fingerprint density at radius 2 is 2.19 bits per heavy atom. The molecule has 1 fully saturated rings. The highest BCUT2D eigenvalue weighted by atomic mass is 16.3. The van der Waals surface area contributed by atoms with E-state index in [1.54, 1.807) is 24.3 Å². The van der Waals surface area contributed by atoms with Crippen molar-refractivity contribution < 1.29 is 9.90 Å². The summed E-state index contributed by atoms with van der Waals surface area (Å²) >= 11 is 0. The molecule has 3 N–H and O–H groups in total. The first-order chi connectivity index (χ1) is 10.1. The first-order valence-corrected chi connectivity index (χ1v) is 7.27. The number of rotatable bonds is 5. The van der Waals surface area contributed by atoms with Gasteiger partial charge >= 0.3 is 0 Å². The topological polar surface area (TPSA) is 90.3 Å². The fraction of sp³-hybridized carbons (Fsp3) is 0.500. The average Bonchev–Trinajstić information content (AvgIpc) is 2.47. The number of hydrogen-bond donors (Lipinski definition) is 2. The van der Waals surface area contributed by atoms with Crippen LogP contribution in [0.1, 0.15) is 36.5 Å². The van der Waals surface area contributed by atoms with Gasteiger partial charge in [-0.2, -0.15) is 5.26 Å². The first kappa shape index (κ1) is 15.5. The lowest BCUT2D eigenvalue weighted by Gasteiger charge is -2.33. The monoisotopic (exact) mass is 287 g/mol. The van der Waals surface area contributed by atoms with Crippen LogP contribution in [0.3, 0.4) is 0 Å². The molecule has 0 aliphatic carbocycles. The Labute approximate surface area is 125 Å². The van der Waals surface area contributed by atoms with Gasteiger partial charge in [-0.05, 0) is 43.0 Å². The number of hydrogen-bond acceptors (Lipinski definition) is 4. The molecule has 1 heterocycles. The number of piperidine rings is 1. The molecule has 1 amide bonds. The van der Waals surface area contributed by atoms with Crippen molar-refractivity contribution in [1.82, 2.24) is 4.90 Å². The number of benzene rings is 1. The van der Waals surface area contributed by atoms with Crippen molar-refractivity contribution in [2.45, 2.75) is 25.4 Å². The van der Waals surface area contributed by atoms with E-state index in [9.17, 15) is 9.90 Å². The van der Waals surface area contributed by atoms with Crippen molar-refractivity contribution in [3.63, 3.8) is 0 Å². The van der Waals surface area contributed by atoms with Crippen LogP contribution in [0.2, 0.25) is 0 Å². The SMILES string of the molecule is N#Cc1ccc(C(O)CN2CCCC(CC(N)=O)C2)cc1. The molecule has 0 saturated carbocycles. The van der Waals surface area contributed by atoms with Crippen LogP contribution in [0.5, 0.6) is 0 Å². The summed E-state index contributed by atoms with van der Waals surface area (Å²) in [6, 6.07) is 9.06. The minimum Gasteiger partial charge on any atom is -0.387 e. The van der Waals surface area contributed by atoms with Crippen LogP contribution < -0.4 is 5.73 Å². The van der Waals surface area contributed by atoms with E-state index in [0.29, 0.717) is 24.4 Å². The summed E-state index contributed by atoms with van der Waals surface area (Å²) < 4.78 is 0. The third-order valence-electron chi connectivity index (χ3n) is 3.95. The van der Waals surface area contributed by atoms with Gasteiger partial charge in [0.25, 0.3) is 0 Å². The number of aliphatic hydroxyl groups is 1. The van der Waals surface area contributed by atoms with Gasteiger partial charge in [0.15, 0.2) is 0 Å². The van der Waals surface area contributed by atoms with E-state index in [1.165, 1.54) is 0 Å². The van der Waals surface area contributed by atoms with Gasteiger partial charge in [0.1, 0.15) is 0 Å². The van der Waals surface area contributed by atoms with E-state index in [2.05, 4.69) is 11.0 Å². The highest BCUT2D eigenvalue weighted by Crippen LogP contribution is 2.22. The number of nitriles is 1. The van der Waals surface area contributed by atoms with E-state index >= 15 is 0 Å². The molecule has 2 rings (SSSR count). The second kappa shape index (κ2) is 7.21. The molecule has 0 bridgehead atoms. The molecule has 0 aromatic heterocycles. The number of nitrogens with zero attached hydrogens (tertiary/aromatic N) is 2. The minimum atomic E-state index is -0.579. The third kappa shape index (κ3) is 4.55. The average molecular weight is 287 g/mol. The third-order valence-corrected chi connectivity index (χ3v) is 3.95. The molecule has 1 aliphatic heterocycles. The molecule has 2 atom stereocenters. The second-order valence-corrected chi connectivity index (χ2v) is 5.69. The van der Waals surface area contributed by atoms with Crippen LogP contribution in [-0.4, -0.2) is 35.5 Å². The maximum absolute atomic E-state index is 11.0. The number of aliphatic hydroxyl groups excluding tert-OH is 1. The van der Waals surface area contributed by atoms with Crippen LogP contribution in [0.4, 0.5) is 0 Å². The normalized spacial score (nSPS) is 20.7. The van der Waals surface area contributed by atoms with E-state index in [0.717, 1.165) is 31.5 Å². The van der Waals surface area contributed by atoms with Crippen LogP contribution in [0, 0.1) is 17.2 Å². The highest BCUT2D eigenvalue weighted by molar-refractivity contribution is 5.74. The van der Waals surface area contributed by atoms with Crippen LogP contribution in [0.25, 0.3) is 0 Å². The van der Waals surface area contributed by atoms with Gasteiger partial charge in [-0.3, -0.25) is 4.79 Å². The largest absolute Gasteiger partial charge is 0.387 e. The summed E-state index contributed by atoms with van der Waals surface area (Å²) in [6.45, 7) is 2.28. The molecule has 21 heavy (non-hydrogen) atoms. The van der Waals surface area contributed by atoms with E-state index < -0.39 is 6.10 Å². The minimum absolute atomic E-state index is 0.255. The number of β-amino-alcohol motifs (C(OH)–C–C–N with tert-alkyl or cyclic N) is 1. The summed E-state index contributed by atoms with van der Waals surface area (Å²) in [6.07, 6.45) is 1.89. The fourth-order valence-electron chi connectivity index (χ4n) is 2.90. The molecular formula is C16H21N3O2. The zero-order valence-electron chi connectivity index (χ0n) is 12.0. The molecule has 1 saturated heterocycles. The van der Waals surface area contributed by atoms with Crippen molar-refractivity contribution in [2.24, 2.45) is 11.7 Å². The van der Waals surface area contributed by atoms with Gasteiger partial charge in [-0.1, -0.05) is 12.1 Å². The van der Waals surface area contributed by atoms with Crippen molar-refractivity contribution >= 4 is 5.91 Å². The summed E-state index contributed by atoms with van der Waals surface area (Å²) in [5, 5.41) is 19.1. The van der Waals surface area contributed by atoms with Crippen molar-refractivity contribution in [1.29, 1.82) is 5.26 Å². The van der Waals surface area contributed by atoms with Gasteiger partial charge in [-0.25, -0.2) is 0 Å². The zero-order valence-corrected chi connectivity index (χ0v) is 12.0.